The lowest BCUT2D eigenvalue weighted by Crippen LogP contribution is -2.46. The van der Waals surface area contributed by atoms with E-state index in [0.717, 1.165) is 0 Å². The molecule has 0 aliphatic heterocycles. The molecular formula is C13H15ClN4O2. The highest BCUT2D eigenvalue weighted by atomic mass is 35.5. The van der Waals surface area contributed by atoms with E-state index in [9.17, 15) is 4.79 Å². The van der Waals surface area contributed by atoms with E-state index in [1.54, 1.807) is 38.1 Å². The molecule has 0 unspecified atom stereocenters. The number of carbonyl (C=O) groups excluding carboxylic acids is 1. The maximum atomic E-state index is 12.0. The number of aliphatic hydroxyl groups excluding tert-OH is 1. The molecule has 2 aromatic rings. The van der Waals surface area contributed by atoms with Crippen molar-refractivity contribution in [1.29, 1.82) is 0 Å². The first-order valence-corrected chi connectivity index (χ1v) is 6.41. The van der Waals surface area contributed by atoms with Crippen molar-refractivity contribution in [2.45, 2.75) is 19.4 Å². The molecule has 0 saturated heterocycles. The number of nitrogens with zero attached hydrogens (tertiary/aromatic N) is 3. The molecule has 0 spiro atoms. The lowest BCUT2D eigenvalue weighted by molar-refractivity contribution is 0.0864. The van der Waals surface area contributed by atoms with Crippen molar-refractivity contribution >= 4 is 17.5 Å². The van der Waals surface area contributed by atoms with Crippen LogP contribution >= 0.6 is 11.6 Å². The second-order valence-corrected chi connectivity index (χ2v) is 5.43. The third-order valence-corrected chi connectivity index (χ3v) is 2.85. The topological polar surface area (TPSA) is 80.0 Å². The summed E-state index contributed by atoms with van der Waals surface area (Å²) >= 11 is 5.89. The van der Waals surface area contributed by atoms with Crippen molar-refractivity contribution in [3.05, 3.63) is 41.2 Å². The molecule has 0 aliphatic rings. The zero-order valence-electron chi connectivity index (χ0n) is 11.2. The fourth-order valence-corrected chi connectivity index (χ4v) is 1.69. The Bertz CT molecular complexity index is 624. The molecule has 1 aromatic heterocycles. The molecule has 20 heavy (non-hydrogen) atoms. The first kappa shape index (κ1) is 14.5. The van der Waals surface area contributed by atoms with E-state index in [-0.39, 0.29) is 12.3 Å². The van der Waals surface area contributed by atoms with Crippen LogP contribution in [-0.2, 0) is 0 Å². The molecule has 0 saturated carbocycles. The van der Waals surface area contributed by atoms with Gasteiger partial charge in [0.2, 0.25) is 0 Å². The highest BCUT2D eigenvalue weighted by molar-refractivity contribution is 6.30. The highest BCUT2D eigenvalue weighted by Gasteiger charge is 2.21. The van der Waals surface area contributed by atoms with Gasteiger partial charge in [0.05, 0.1) is 24.0 Å². The van der Waals surface area contributed by atoms with Crippen LogP contribution in [0.4, 0.5) is 0 Å². The van der Waals surface area contributed by atoms with Gasteiger partial charge in [-0.05, 0) is 32.0 Å². The van der Waals surface area contributed by atoms with Crippen molar-refractivity contribution in [3.8, 4) is 5.69 Å². The molecule has 1 aromatic carbocycles. The zero-order chi connectivity index (χ0) is 14.8. The monoisotopic (exact) mass is 294 g/mol. The van der Waals surface area contributed by atoms with Crippen LogP contribution in [0.15, 0.2) is 30.5 Å². The Kier molecular flexibility index (Phi) is 4.06. The summed E-state index contributed by atoms with van der Waals surface area (Å²) in [6.45, 7) is 3.26. The van der Waals surface area contributed by atoms with Gasteiger partial charge in [-0.2, -0.15) is 9.90 Å². The summed E-state index contributed by atoms with van der Waals surface area (Å²) in [6, 6.07) is 6.99. The van der Waals surface area contributed by atoms with Gasteiger partial charge in [-0.3, -0.25) is 4.79 Å². The molecule has 2 N–H and O–H groups in total. The minimum absolute atomic E-state index is 0.166. The molecule has 6 nitrogen and oxygen atoms in total. The van der Waals surface area contributed by atoms with E-state index < -0.39 is 11.4 Å². The number of benzene rings is 1. The molecule has 1 heterocycles. The minimum atomic E-state index is -0.711. The van der Waals surface area contributed by atoms with Crippen LogP contribution in [0.25, 0.3) is 5.69 Å². The Morgan fingerprint density at radius 1 is 1.50 bits per heavy atom. The lowest BCUT2D eigenvalue weighted by Gasteiger charge is -2.22. The Labute approximate surface area is 121 Å². The summed E-state index contributed by atoms with van der Waals surface area (Å²) in [5.41, 5.74) is 0.126. The standard InChI is InChI=1S/C13H15ClN4O2/c1-13(2,8-19)16-12(20)11-7-15-18(17-11)10-5-3-4-9(14)6-10/h3-7,19H,8H2,1-2H3,(H,16,20). The molecule has 0 radical (unpaired) electrons. The van der Waals surface area contributed by atoms with Crippen molar-refractivity contribution in [2.75, 3.05) is 6.61 Å². The van der Waals surface area contributed by atoms with E-state index in [1.807, 2.05) is 0 Å². The van der Waals surface area contributed by atoms with Gasteiger partial charge in [0.1, 0.15) is 0 Å². The molecule has 0 atom stereocenters. The number of carbonyl (C=O) groups is 1. The Morgan fingerprint density at radius 3 is 2.90 bits per heavy atom. The smallest absolute Gasteiger partial charge is 0.273 e. The maximum absolute atomic E-state index is 12.0. The predicted octanol–water partition coefficient (Wildman–Crippen LogP) is 1.42. The largest absolute Gasteiger partial charge is 0.394 e. The van der Waals surface area contributed by atoms with Crippen LogP contribution in [-0.4, -0.2) is 38.2 Å². The van der Waals surface area contributed by atoms with E-state index in [1.165, 1.54) is 11.0 Å². The Balaban J connectivity index is 2.19. The number of amides is 1. The molecule has 7 heteroatoms. The molecule has 106 valence electrons. The van der Waals surface area contributed by atoms with Gasteiger partial charge >= 0.3 is 0 Å². The SMILES string of the molecule is CC(C)(CO)NC(=O)c1cnn(-c2cccc(Cl)c2)n1. The van der Waals surface area contributed by atoms with Crippen LogP contribution in [0.1, 0.15) is 24.3 Å². The summed E-state index contributed by atoms with van der Waals surface area (Å²) in [5, 5.41) is 20.5. The highest BCUT2D eigenvalue weighted by Crippen LogP contribution is 2.13. The zero-order valence-corrected chi connectivity index (χ0v) is 11.9. The predicted molar refractivity (Wildman–Crippen MR) is 75.0 cm³/mol. The van der Waals surface area contributed by atoms with E-state index in [0.29, 0.717) is 10.7 Å². The first-order chi connectivity index (χ1) is 9.41. The molecule has 0 aliphatic carbocycles. The number of hydrogen-bond acceptors (Lipinski definition) is 4. The van der Waals surface area contributed by atoms with Crippen LogP contribution in [0.5, 0.6) is 0 Å². The maximum Gasteiger partial charge on any atom is 0.273 e. The van der Waals surface area contributed by atoms with Gasteiger partial charge < -0.3 is 10.4 Å². The normalized spacial score (nSPS) is 11.4. The number of halogens is 1. The van der Waals surface area contributed by atoms with E-state index in [4.69, 9.17) is 16.7 Å². The summed E-state index contributed by atoms with van der Waals surface area (Å²) in [6.07, 6.45) is 1.36. The van der Waals surface area contributed by atoms with E-state index in [2.05, 4.69) is 15.5 Å². The minimum Gasteiger partial charge on any atom is -0.394 e. The van der Waals surface area contributed by atoms with Crippen LogP contribution in [0.2, 0.25) is 5.02 Å². The second-order valence-electron chi connectivity index (χ2n) is 5.00. The van der Waals surface area contributed by atoms with Crippen molar-refractivity contribution in [1.82, 2.24) is 20.3 Å². The fourth-order valence-electron chi connectivity index (χ4n) is 1.50. The lowest BCUT2D eigenvalue weighted by atomic mass is 10.1. The Hall–Kier alpha value is -1.92. The fraction of sp³-hybridized carbons (Fsp3) is 0.308. The summed E-state index contributed by atoms with van der Waals surface area (Å²) in [7, 11) is 0. The van der Waals surface area contributed by atoms with Crippen LogP contribution < -0.4 is 5.32 Å². The molecular weight excluding hydrogens is 280 g/mol. The van der Waals surface area contributed by atoms with Gasteiger partial charge in [0.25, 0.3) is 5.91 Å². The molecule has 1 amide bonds. The Morgan fingerprint density at radius 2 is 2.25 bits per heavy atom. The van der Waals surface area contributed by atoms with Crippen molar-refractivity contribution in [2.24, 2.45) is 0 Å². The van der Waals surface area contributed by atoms with Gasteiger partial charge in [-0.1, -0.05) is 17.7 Å². The second kappa shape index (κ2) is 5.60. The number of hydrogen-bond donors (Lipinski definition) is 2. The summed E-state index contributed by atoms with van der Waals surface area (Å²) in [4.78, 5) is 13.3. The first-order valence-electron chi connectivity index (χ1n) is 6.03. The molecule has 2 rings (SSSR count). The van der Waals surface area contributed by atoms with Crippen LogP contribution in [0.3, 0.4) is 0 Å². The van der Waals surface area contributed by atoms with E-state index >= 15 is 0 Å². The van der Waals surface area contributed by atoms with Gasteiger partial charge in [0.15, 0.2) is 5.69 Å². The van der Waals surface area contributed by atoms with Crippen molar-refractivity contribution in [3.63, 3.8) is 0 Å². The average molecular weight is 295 g/mol. The number of rotatable bonds is 4. The van der Waals surface area contributed by atoms with Gasteiger partial charge in [0, 0.05) is 5.02 Å². The molecule has 0 fully saturated rings. The number of aliphatic hydroxyl groups is 1. The number of nitrogens with one attached hydrogen (secondary N) is 1. The quantitative estimate of drug-likeness (QED) is 0.894. The van der Waals surface area contributed by atoms with Crippen molar-refractivity contribution < 1.29 is 9.90 Å². The van der Waals surface area contributed by atoms with Crippen LogP contribution in [0, 0.1) is 0 Å². The summed E-state index contributed by atoms with van der Waals surface area (Å²) < 4.78 is 0. The third kappa shape index (κ3) is 3.34. The molecule has 0 bridgehead atoms. The van der Waals surface area contributed by atoms with Gasteiger partial charge in [-0.25, -0.2) is 0 Å². The summed E-state index contributed by atoms with van der Waals surface area (Å²) in [5.74, 6) is -0.391. The van der Waals surface area contributed by atoms with Gasteiger partial charge in [-0.15, -0.1) is 5.10 Å². The average Bonchev–Trinajstić information content (AvgIpc) is 2.88. The third-order valence-electron chi connectivity index (χ3n) is 2.61. The number of aromatic nitrogens is 3.